The van der Waals surface area contributed by atoms with E-state index in [0.29, 0.717) is 24.6 Å². The summed E-state index contributed by atoms with van der Waals surface area (Å²) in [5.41, 5.74) is 7.60. The standard InChI is InChI=1S/C17H25N3O2.ClH/c1-12-11-13(7-8-15(12)20-16(21)9-10-18)17(22)19-14-5-3-2-4-6-14;/h7-8,11,14H,2-6,9-10,18H2,1H3,(H,19,22)(H,20,21);1H. The number of amides is 2. The molecule has 0 aromatic heterocycles. The number of anilines is 1. The highest BCUT2D eigenvalue weighted by molar-refractivity contribution is 5.96. The third kappa shape index (κ3) is 5.84. The zero-order valence-corrected chi connectivity index (χ0v) is 14.4. The first kappa shape index (κ1) is 19.5. The van der Waals surface area contributed by atoms with E-state index in [-0.39, 0.29) is 24.2 Å². The number of carbonyl (C=O) groups excluding carboxylic acids is 2. The predicted octanol–water partition coefficient (Wildman–Crippen LogP) is 2.77. The van der Waals surface area contributed by atoms with Gasteiger partial charge in [-0.2, -0.15) is 0 Å². The molecule has 2 rings (SSSR count). The van der Waals surface area contributed by atoms with Crippen molar-refractivity contribution >= 4 is 29.9 Å². The molecule has 5 nitrogen and oxygen atoms in total. The molecule has 2 amide bonds. The van der Waals surface area contributed by atoms with E-state index in [9.17, 15) is 9.59 Å². The Hall–Kier alpha value is -1.59. The molecule has 1 aromatic carbocycles. The molecule has 0 saturated heterocycles. The van der Waals surface area contributed by atoms with E-state index in [0.717, 1.165) is 24.1 Å². The fourth-order valence-corrected chi connectivity index (χ4v) is 2.80. The maximum absolute atomic E-state index is 12.3. The lowest BCUT2D eigenvalue weighted by Gasteiger charge is -2.23. The van der Waals surface area contributed by atoms with Gasteiger partial charge in [-0.3, -0.25) is 9.59 Å². The Bertz CT molecular complexity index is 543. The Balaban J connectivity index is 0.00000264. The van der Waals surface area contributed by atoms with Crippen LogP contribution in [-0.4, -0.2) is 24.4 Å². The van der Waals surface area contributed by atoms with Crippen molar-refractivity contribution in [2.24, 2.45) is 5.73 Å². The largest absolute Gasteiger partial charge is 0.349 e. The Morgan fingerprint density at radius 1 is 1.22 bits per heavy atom. The van der Waals surface area contributed by atoms with Crippen molar-refractivity contribution in [2.45, 2.75) is 51.5 Å². The van der Waals surface area contributed by atoms with Gasteiger partial charge in [-0.1, -0.05) is 19.3 Å². The first-order valence-electron chi connectivity index (χ1n) is 8.01. The van der Waals surface area contributed by atoms with Gasteiger partial charge in [0.05, 0.1) is 0 Å². The van der Waals surface area contributed by atoms with Crippen LogP contribution in [0, 0.1) is 6.92 Å². The van der Waals surface area contributed by atoms with Crippen molar-refractivity contribution in [3.05, 3.63) is 29.3 Å². The molecule has 4 N–H and O–H groups in total. The third-order valence-corrected chi connectivity index (χ3v) is 4.07. The number of aryl methyl sites for hydroxylation is 1. The van der Waals surface area contributed by atoms with Crippen molar-refractivity contribution in [1.82, 2.24) is 5.32 Å². The van der Waals surface area contributed by atoms with Gasteiger partial charge >= 0.3 is 0 Å². The molecule has 1 aromatic rings. The van der Waals surface area contributed by atoms with E-state index < -0.39 is 0 Å². The second kappa shape index (κ2) is 9.53. The summed E-state index contributed by atoms with van der Waals surface area (Å²) in [6, 6.07) is 5.64. The topological polar surface area (TPSA) is 84.2 Å². The Morgan fingerprint density at radius 3 is 2.52 bits per heavy atom. The number of benzene rings is 1. The van der Waals surface area contributed by atoms with Crippen LogP contribution in [0.3, 0.4) is 0 Å². The third-order valence-electron chi connectivity index (χ3n) is 4.07. The molecule has 6 heteroatoms. The maximum Gasteiger partial charge on any atom is 0.251 e. The van der Waals surface area contributed by atoms with E-state index in [4.69, 9.17) is 5.73 Å². The molecule has 128 valence electrons. The number of carbonyl (C=O) groups is 2. The lowest BCUT2D eigenvalue weighted by atomic mass is 9.95. The molecule has 0 atom stereocenters. The van der Waals surface area contributed by atoms with E-state index in [2.05, 4.69) is 10.6 Å². The number of nitrogens with one attached hydrogen (secondary N) is 2. The smallest absolute Gasteiger partial charge is 0.251 e. The van der Waals surface area contributed by atoms with Gasteiger partial charge in [0.1, 0.15) is 0 Å². The molecule has 1 aliphatic rings. The molecule has 1 saturated carbocycles. The van der Waals surface area contributed by atoms with Crippen molar-refractivity contribution in [3.8, 4) is 0 Å². The summed E-state index contributed by atoms with van der Waals surface area (Å²) in [5, 5.41) is 5.91. The van der Waals surface area contributed by atoms with Gasteiger partial charge < -0.3 is 16.4 Å². The minimum absolute atomic E-state index is 0. The Labute approximate surface area is 143 Å². The fraction of sp³-hybridized carbons (Fsp3) is 0.529. The first-order valence-corrected chi connectivity index (χ1v) is 8.01. The zero-order valence-electron chi connectivity index (χ0n) is 13.6. The first-order chi connectivity index (χ1) is 10.6. The number of halogens is 1. The average Bonchev–Trinajstić information content (AvgIpc) is 2.50. The van der Waals surface area contributed by atoms with Crippen molar-refractivity contribution in [3.63, 3.8) is 0 Å². The molecule has 23 heavy (non-hydrogen) atoms. The van der Waals surface area contributed by atoms with Crippen LogP contribution in [0.5, 0.6) is 0 Å². The van der Waals surface area contributed by atoms with Crippen LogP contribution in [0.4, 0.5) is 5.69 Å². The summed E-state index contributed by atoms with van der Waals surface area (Å²) in [7, 11) is 0. The van der Waals surface area contributed by atoms with Gasteiger partial charge in [-0.25, -0.2) is 0 Å². The SMILES string of the molecule is Cc1cc(C(=O)NC2CCCCC2)ccc1NC(=O)CCN.Cl. The molecule has 1 aliphatic carbocycles. The molecule has 0 radical (unpaired) electrons. The van der Waals surface area contributed by atoms with Crippen LogP contribution in [0.25, 0.3) is 0 Å². The number of nitrogens with two attached hydrogens (primary N) is 1. The molecule has 0 heterocycles. The molecule has 0 spiro atoms. The van der Waals surface area contributed by atoms with E-state index in [1.165, 1.54) is 19.3 Å². The van der Waals surface area contributed by atoms with Crippen molar-refractivity contribution in [2.75, 3.05) is 11.9 Å². The van der Waals surface area contributed by atoms with Crippen LogP contribution >= 0.6 is 12.4 Å². The summed E-state index contributed by atoms with van der Waals surface area (Å²) in [6.45, 7) is 2.21. The fourth-order valence-electron chi connectivity index (χ4n) is 2.80. The Kier molecular flexibility index (Phi) is 8.06. The monoisotopic (exact) mass is 339 g/mol. The molecule has 0 unspecified atom stereocenters. The van der Waals surface area contributed by atoms with E-state index >= 15 is 0 Å². The van der Waals surface area contributed by atoms with Gasteiger partial charge in [0.2, 0.25) is 5.91 Å². The Morgan fingerprint density at radius 2 is 1.91 bits per heavy atom. The van der Waals surface area contributed by atoms with Gasteiger partial charge in [-0.05, 0) is 43.5 Å². The molecular weight excluding hydrogens is 314 g/mol. The highest BCUT2D eigenvalue weighted by Gasteiger charge is 2.17. The summed E-state index contributed by atoms with van der Waals surface area (Å²) in [5.74, 6) is -0.139. The summed E-state index contributed by atoms with van der Waals surface area (Å²) in [6.07, 6.45) is 6.08. The number of rotatable bonds is 5. The van der Waals surface area contributed by atoms with Crippen molar-refractivity contribution in [1.29, 1.82) is 0 Å². The lowest BCUT2D eigenvalue weighted by molar-refractivity contribution is -0.116. The minimum Gasteiger partial charge on any atom is -0.349 e. The molecule has 0 bridgehead atoms. The van der Waals surface area contributed by atoms with Crippen LogP contribution in [0.15, 0.2) is 18.2 Å². The average molecular weight is 340 g/mol. The number of hydrogen-bond acceptors (Lipinski definition) is 3. The quantitative estimate of drug-likeness (QED) is 0.771. The normalized spacial score (nSPS) is 14.7. The highest BCUT2D eigenvalue weighted by Crippen LogP contribution is 2.20. The highest BCUT2D eigenvalue weighted by atomic mass is 35.5. The van der Waals surface area contributed by atoms with Crippen LogP contribution < -0.4 is 16.4 Å². The lowest BCUT2D eigenvalue weighted by Crippen LogP contribution is -2.36. The van der Waals surface area contributed by atoms with Gasteiger partial charge in [0.25, 0.3) is 5.91 Å². The second-order valence-electron chi connectivity index (χ2n) is 5.92. The summed E-state index contributed by atoms with van der Waals surface area (Å²) in [4.78, 5) is 23.9. The van der Waals surface area contributed by atoms with Gasteiger partial charge in [0, 0.05) is 30.3 Å². The molecule has 1 fully saturated rings. The van der Waals surface area contributed by atoms with E-state index in [1.807, 2.05) is 13.0 Å². The van der Waals surface area contributed by atoms with Gasteiger partial charge in [0.15, 0.2) is 0 Å². The zero-order chi connectivity index (χ0) is 15.9. The molecular formula is C17H26ClN3O2. The minimum atomic E-state index is -0.106. The summed E-state index contributed by atoms with van der Waals surface area (Å²) < 4.78 is 0. The number of hydrogen-bond donors (Lipinski definition) is 3. The van der Waals surface area contributed by atoms with Crippen LogP contribution in [0.1, 0.15) is 54.4 Å². The van der Waals surface area contributed by atoms with E-state index in [1.54, 1.807) is 12.1 Å². The maximum atomic E-state index is 12.3. The summed E-state index contributed by atoms with van der Waals surface area (Å²) >= 11 is 0. The van der Waals surface area contributed by atoms with Gasteiger partial charge in [-0.15, -0.1) is 12.4 Å². The van der Waals surface area contributed by atoms with Crippen LogP contribution in [-0.2, 0) is 4.79 Å². The molecule has 0 aliphatic heterocycles. The predicted molar refractivity (Wildman–Crippen MR) is 95.1 cm³/mol. The van der Waals surface area contributed by atoms with Crippen molar-refractivity contribution < 1.29 is 9.59 Å². The second-order valence-corrected chi connectivity index (χ2v) is 5.92. The van der Waals surface area contributed by atoms with Crippen LogP contribution in [0.2, 0.25) is 0 Å².